The van der Waals surface area contributed by atoms with E-state index in [2.05, 4.69) is 24.1 Å². The van der Waals surface area contributed by atoms with E-state index in [1.807, 2.05) is 19.1 Å². The van der Waals surface area contributed by atoms with E-state index < -0.39 is 0 Å². The molecule has 0 atom stereocenters. The minimum Gasteiger partial charge on any atom is -0.325 e. The lowest BCUT2D eigenvalue weighted by atomic mass is 10.2. The minimum absolute atomic E-state index is 0.0206. The molecule has 4 heteroatoms. The maximum Gasteiger partial charge on any atom is 0.238 e. The zero-order chi connectivity index (χ0) is 14.3. The van der Waals surface area contributed by atoms with E-state index in [1.54, 1.807) is 6.07 Å². The van der Waals surface area contributed by atoms with Gasteiger partial charge in [-0.1, -0.05) is 31.5 Å². The van der Waals surface area contributed by atoms with Crippen molar-refractivity contribution in [2.45, 2.75) is 33.6 Å². The summed E-state index contributed by atoms with van der Waals surface area (Å²) >= 11 is 5.94. The number of carbonyl (C=O) groups is 1. The second-order valence-electron chi connectivity index (χ2n) is 4.78. The first kappa shape index (κ1) is 16.0. The molecule has 0 saturated heterocycles. The first-order valence-corrected chi connectivity index (χ1v) is 7.23. The predicted molar refractivity (Wildman–Crippen MR) is 81.8 cm³/mol. The first-order chi connectivity index (χ1) is 9.06. The lowest BCUT2D eigenvalue weighted by Gasteiger charge is -2.20. The van der Waals surface area contributed by atoms with Gasteiger partial charge in [-0.15, -0.1) is 0 Å². The Morgan fingerprint density at radius 2 is 1.89 bits per heavy atom. The van der Waals surface area contributed by atoms with E-state index in [4.69, 9.17) is 11.6 Å². The second kappa shape index (κ2) is 8.18. The Hall–Kier alpha value is -1.06. The van der Waals surface area contributed by atoms with Crippen molar-refractivity contribution >= 4 is 23.2 Å². The Kier molecular flexibility index (Phi) is 6.89. The van der Waals surface area contributed by atoms with Gasteiger partial charge in [0.2, 0.25) is 5.91 Å². The molecule has 0 saturated carbocycles. The van der Waals surface area contributed by atoms with Crippen molar-refractivity contribution in [1.29, 1.82) is 0 Å². The van der Waals surface area contributed by atoms with Crippen LogP contribution in [0.3, 0.4) is 0 Å². The molecule has 3 nitrogen and oxygen atoms in total. The lowest BCUT2D eigenvalue weighted by molar-refractivity contribution is -0.117. The summed E-state index contributed by atoms with van der Waals surface area (Å²) in [6.07, 6.45) is 2.12. The van der Waals surface area contributed by atoms with Crippen molar-refractivity contribution in [2.75, 3.05) is 25.0 Å². The summed E-state index contributed by atoms with van der Waals surface area (Å²) in [6, 6.07) is 5.53. The number of rotatable bonds is 7. The molecule has 0 aliphatic carbocycles. The number of carbonyl (C=O) groups excluding carboxylic acids is 1. The highest BCUT2D eigenvalue weighted by Crippen LogP contribution is 2.20. The highest BCUT2D eigenvalue weighted by molar-refractivity contribution is 6.31. The van der Waals surface area contributed by atoms with Crippen LogP contribution >= 0.6 is 11.6 Å². The van der Waals surface area contributed by atoms with Crippen LogP contribution in [-0.4, -0.2) is 30.4 Å². The van der Waals surface area contributed by atoms with Gasteiger partial charge in [-0.25, -0.2) is 0 Å². The van der Waals surface area contributed by atoms with Gasteiger partial charge in [0, 0.05) is 10.7 Å². The molecule has 0 fully saturated rings. The van der Waals surface area contributed by atoms with Gasteiger partial charge in [0.25, 0.3) is 0 Å². The van der Waals surface area contributed by atoms with Crippen molar-refractivity contribution in [3.8, 4) is 0 Å². The van der Waals surface area contributed by atoms with E-state index in [0.29, 0.717) is 11.6 Å². The maximum atomic E-state index is 12.0. The van der Waals surface area contributed by atoms with Gasteiger partial charge in [-0.3, -0.25) is 9.69 Å². The molecule has 0 heterocycles. The average molecular weight is 283 g/mol. The third kappa shape index (κ3) is 5.62. The molecule has 0 radical (unpaired) electrons. The Balaban J connectivity index is 2.60. The van der Waals surface area contributed by atoms with Crippen LogP contribution in [0.25, 0.3) is 0 Å². The maximum absolute atomic E-state index is 12.0. The molecule has 1 rings (SSSR count). The smallest absolute Gasteiger partial charge is 0.238 e. The van der Waals surface area contributed by atoms with Gasteiger partial charge >= 0.3 is 0 Å². The summed E-state index contributed by atoms with van der Waals surface area (Å²) in [5.74, 6) is 0.0206. The summed E-state index contributed by atoms with van der Waals surface area (Å²) < 4.78 is 0. The van der Waals surface area contributed by atoms with E-state index in [0.717, 1.165) is 37.2 Å². The van der Waals surface area contributed by atoms with Crippen LogP contribution in [0.15, 0.2) is 18.2 Å². The monoisotopic (exact) mass is 282 g/mol. The van der Waals surface area contributed by atoms with Crippen LogP contribution in [0.2, 0.25) is 5.02 Å². The van der Waals surface area contributed by atoms with Crippen LogP contribution in [0, 0.1) is 6.92 Å². The molecular formula is C15H23ClN2O. The molecule has 0 spiro atoms. The van der Waals surface area contributed by atoms with Crippen molar-refractivity contribution in [3.63, 3.8) is 0 Å². The summed E-state index contributed by atoms with van der Waals surface area (Å²) in [5.41, 5.74) is 1.82. The van der Waals surface area contributed by atoms with Gasteiger partial charge in [0.05, 0.1) is 6.54 Å². The second-order valence-corrected chi connectivity index (χ2v) is 5.22. The number of amides is 1. The Bertz CT molecular complexity index is 415. The minimum atomic E-state index is 0.0206. The third-order valence-electron chi connectivity index (χ3n) is 2.92. The highest BCUT2D eigenvalue weighted by Gasteiger charge is 2.10. The van der Waals surface area contributed by atoms with Crippen LogP contribution in [0.4, 0.5) is 5.69 Å². The third-order valence-corrected chi connectivity index (χ3v) is 3.16. The molecule has 1 amide bonds. The number of nitrogens with zero attached hydrogens (tertiary/aromatic N) is 1. The fourth-order valence-electron chi connectivity index (χ4n) is 2.02. The number of aryl methyl sites for hydroxylation is 1. The van der Waals surface area contributed by atoms with Crippen LogP contribution in [0.5, 0.6) is 0 Å². The molecule has 106 valence electrons. The van der Waals surface area contributed by atoms with Crippen LogP contribution in [0.1, 0.15) is 32.3 Å². The molecule has 1 N–H and O–H groups in total. The Morgan fingerprint density at radius 3 is 2.47 bits per heavy atom. The molecule has 1 aromatic carbocycles. The normalized spacial score (nSPS) is 10.8. The molecule has 0 unspecified atom stereocenters. The Labute approximate surface area is 120 Å². The van der Waals surface area contributed by atoms with Crippen LogP contribution in [-0.2, 0) is 4.79 Å². The van der Waals surface area contributed by atoms with Crippen molar-refractivity contribution in [1.82, 2.24) is 4.90 Å². The van der Waals surface area contributed by atoms with Gasteiger partial charge in [0.15, 0.2) is 0 Å². The zero-order valence-electron chi connectivity index (χ0n) is 12.0. The van der Waals surface area contributed by atoms with Gasteiger partial charge in [-0.2, -0.15) is 0 Å². The van der Waals surface area contributed by atoms with Crippen molar-refractivity contribution < 1.29 is 4.79 Å². The molecule has 19 heavy (non-hydrogen) atoms. The summed E-state index contributed by atoms with van der Waals surface area (Å²) in [4.78, 5) is 14.2. The molecule has 0 bridgehead atoms. The van der Waals surface area contributed by atoms with E-state index in [-0.39, 0.29) is 5.91 Å². The molecular weight excluding hydrogens is 260 g/mol. The fourth-order valence-corrected chi connectivity index (χ4v) is 2.20. The SMILES string of the molecule is CCCN(CCC)CC(=O)Nc1cc(Cl)ccc1C. The standard InChI is InChI=1S/C15H23ClN2O/c1-4-8-18(9-5-2)11-15(19)17-14-10-13(16)7-6-12(14)3/h6-7,10H,4-5,8-9,11H2,1-3H3,(H,17,19). The number of nitrogens with one attached hydrogen (secondary N) is 1. The van der Waals surface area contributed by atoms with E-state index in [9.17, 15) is 4.79 Å². The predicted octanol–water partition coefficient (Wildman–Crippen LogP) is 3.71. The fraction of sp³-hybridized carbons (Fsp3) is 0.533. The number of hydrogen-bond donors (Lipinski definition) is 1. The van der Waals surface area contributed by atoms with Gasteiger partial charge < -0.3 is 5.32 Å². The topological polar surface area (TPSA) is 32.3 Å². The molecule has 0 aliphatic rings. The number of hydrogen-bond acceptors (Lipinski definition) is 2. The lowest BCUT2D eigenvalue weighted by Crippen LogP contribution is -2.34. The quantitative estimate of drug-likeness (QED) is 0.827. The van der Waals surface area contributed by atoms with Crippen molar-refractivity contribution in [2.24, 2.45) is 0 Å². The molecule has 1 aromatic rings. The summed E-state index contributed by atoms with van der Waals surface area (Å²) in [7, 11) is 0. The number of benzene rings is 1. The number of halogens is 1. The van der Waals surface area contributed by atoms with Crippen molar-refractivity contribution in [3.05, 3.63) is 28.8 Å². The van der Waals surface area contributed by atoms with Gasteiger partial charge in [0.1, 0.15) is 0 Å². The molecule has 0 aliphatic heterocycles. The molecule has 0 aromatic heterocycles. The summed E-state index contributed by atoms with van der Waals surface area (Å²) in [5, 5.41) is 3.57. The summed E-state index contributed by atoms with van der Waals surface area (Å²) in [6.45, 7) is 8.56. The highest BCUT2D eigenvalue weighted by atomic mass is 35.5. The van der Waals surface area contributed by atoms with Gasteiger partial charge in [-0.05, 0) is 50.6 Å². The first-order valence-electron chi connectivity index (χ1n) is 6.85. The zero-order valence-corrected chi connectivity index (χ0v) is 12.8. The van der Waals surface area contributed by atoms with E-state index >= 15 is 0 Å². The number of anilines is 1. The average Bonchev–Trinajstić information content (AvgIpc) is 2.34. The largest absolute Gasteiger partial charge is 0.325 e. The van der Waals surface area contributed by atoms with Crippen LogP contribution < -0.4 is 5.32 Å². The Morgan fingerprint density at radius 1 is 1.26 bits per heavy atom. The van der Waals surface area contributed by atoms with E-state index in [1.165, 1.54) is 0 Å².